The molecular formula is C12H15BrClNO2. The van der Waals surface area contributed by atoms with Gasteiger partial charge in [-0.15, -0.1) is 12.4 Å². The summed E-state index contributed by atoms with van der Waals surface area (Å²) in [6.45, 7) is 0.794. The summed E-state index contributed by atoms with van der Waals surface area (Å²) in [4.78, 5) is 11.3. The Kier molecular flexibility index (Phi) is 4.98. The van der Waals surface area contributed by atoms with Gasteiger partial charge in [0.2, 0.25) is 0 Å². The highest BCUT2D eigenvalue weighted by molar-refractivity contribution is 9.10. The van der Waals surface area contributed by atoms with Gasteiger partial charge in [-0.2, -0.15) is 0 Å². The number of benzene rings is 1. The molecule has 17 heavy (non-hydrogen) atoms. The predicted molar refractivity (Wildman–Crippen MR) is 72.7 cm³/mol. The van der Waals surface area contributed by atoms with Crippen molar-refractivity contribution in [1.29, 1.82) is 0 Å². The van der Waals surface area contributed by atoms with E-state index in [9.17, 15) is 9.90 Å². The van der Waals surface area contributed by atoms with Crippen LogP contribution in [0.3, 0.4) is 0 Å². The van der Waals surface area contributed by atoms with Gasteiger partial charge < -0.3 is 10.4 Å². The van der Waals surface area contributed by atoms with Gasteiger partial charge in [-0.05, 0) is 37.1 Å². The Balaban J connectivity index is 0.00000144. The molecule has 2 N–H and O–H groups in total. The van der Waals surface area contributed by atoms with Crippen molar-refractivity contribution in [3.05, 3.63) is 34.3 Å². The van der Waals surface area contributed by atoms with E-state index in [1.807, 2.05) is 24.3 Å². The molecule has 0 spiro atoms. The zero-order valence-electron chi connectivity index (χ0n) is 9.28. The van der Waals surface area contributed by atoms with Crippen LogP contribution in [0.2, 0.25) is 0 Å². The summed E-state index contributed by atoms with van der Waals surface area (Å²) < 4.78 is 1.01. The molecule has 3 nitrogen and oxygen atoms in total. The number of halogens is 2. The number of hydrogen-bond acceptors (Lipinski definition) is 2. The molecule has 94 valence electrons. The minimum absolute atomic E-state index is 0. The molecule has 0 amide bonds. The van der Waals surface area contributed by atoms with Gasteiger partial charge >= 0.3 is 5.97 Å². The Bertz CT molecular complexity index is 388. The second-order valence-corrected chi connectivity index (χ2v) is 5.14. The van der Waals surface area contributed by atoms with E-state index >= 15 is 0 Å². The molecule has 1 saturated heterocycles. The summed E-state index contributed by atoms with van der Waals surface area (Å²) in [6.07, 6.45) is 2.19. The molecule has 1 atom stereocenters. The molecule has 1 fully saturated rings. The zero-order valence-corrected chi connectivity index (χ0v) is 11.7. The molecule has 0 radical (unpaired) electrons. The average molecular weight is 321 g/mol. The van der Waals surface area contributed by atoms with E-state index in [0.29, 0.717) is 12.8 Å². The van der Waals surface area contributed by atoms with Crippen LogP contribution in [-0.4, -0.2) is 23.2 Å². The van der Waals surface area contributed by atoms with Gasteiger partial charge in [0.1, 0.15) is 5.54 Å². The largest absolute Gasteiger partial charge is 0.480 e. The van der Waals surface area contributed by atoms with Crippen LogP contribution in [0.5, 0.6) is 0 Å². The summed E-state index contributed by atoms with van der Waals surface area (Å²) in [5.41, 5.74) is 0.299. The monoisotopic (exact) mass is 319 g/mol. The van der Waals surface area contributed by atoms with Crippen molar-refractivity contribution in [2.45, 2.75) is 24.8 Å². The number of hydrogen-bond donors (Lipinski definition) is 2. The average Bonchev–Trinajstić information content (AvgIpc) is 2.71. The summed E-state index contributed by atoms with van der Waals surface area (Å²) in [5.74, 6) is -0.743. The number of carbonyl (C=O) groups is 1. The van der Waals surface area contributed by atoms with Crippen LogP contribution in [0, 0.1) is 0 Å². The number of carboxylic acids is 1. The van der Waals surface area contributed by atoms with Crippen LogP contribution >= 0.6 is 28.3 Å². The zero-order chi connectivity index (χ0) is 11.6. The van der Waals surface area contributed by atoms with Gasteiger partial charge in [-0.3, -0.25) is 4.79 Å². The SMILES string of the molecule is Cl.O=C(O)[C@@]1(Cc2ccc(Br)cc2)CCCN1. The Hall–Kier alpha value is -0.580. The van der Waals surface area contributed by atoms with Crippen molar-refractivity contribution >= 4 is 34.3 Å². The maximum absolute atomic E-state index is 11.3. The summed E-state index contributed by atoms with van der Waals surface area (Å²) >= 11 is 3.37. The van der Waals surface area contributed by atoms with E-state index in [0.717, 1.165) is 23.0 Å². The number of aliphatic carboxylic acids is 1. The van der Waals surface area contributed by atoms with E-state index < -0.39 is 11.5 Å². The van der Waals surface area contributed by atoms with Crippen molar-refractivity contribution in [2.24, 2.45) is 0 Å². The maximum Gasteiger partial charge on any atom is 0.324 e. The van der Waals surface area contributed by atoms with Crippen molar-refractivity contribution in [3.8, 4) is 0 Å². The lowest BCUT2D eigenvalue weighted by molar-refractivity contribution is -0.144. The van der Waals surface area contributed by atoms with Gasteiger partial charge in [0.25, 0.3) is 0 Å². The first-order valence-electron chi connectivity index (χ1n) is 5.35. The fraction of sp³-hybridized carbons (Fsp3) is 0.417. The standard InChI is InChI=1S/C12H14BrNO2.ClH/c13-10-4-2-9(3-5-10)8-12(11(15)16)6-1-7-14-12;/h2-5,14H,1,6-8H2,(H,15,16);1H/t12-;/m0./s1. The number of rotatable bonds is 3. The van der Waals surface area contributed by atoms with Crippen LogP contribution in [0.1, 0.15) is 18.4 Å². The Morgan fingerprint density at radius 3 is 2.53 bits per heavy atom. The van der Waals surface area contributed by atoms with Crippen molar-refractivity contribution in [3.63, 3.8) is 0 Å². The second kappa shape index (κ2) is 5.85. The third-order valence-corrected chi connectivity index (χ3v) is 3.60. The van der Waals surface area contributed by atoms with Gasteiger partial charge in [-0.25, -0.2) is 0 Å². The smallest absolute Gasteiger partial charge is 0.324 e. The highest BCUT2D eigenvalue weighted by atomic mass is 79.9. The van der Waals surface area contributed by atoms with Crippen molar-refractivity contribution in [2.75, 3.05) is 6.54 Å². The summed E-state index contributed by atoms with van der Waals surface area (Å²) in [5, 5.41) is 12.4. The van der Waals surface area contributed by atoms with Gasteiger partial charge in [0.15, 0.2) is 0 Å². The molecule has 1 aliphatic heterocycles. The fourth-order valence-corrected chi connectivity index (χ4v) is 2.43. The van der Waals surface area contributed by atoms with Crippen LogP contribution in [-0.2, 0) is 11.2 Å². The van der Waals surface area contributed by atoms with E-state index in [4.69, 9.17) is 0 Å². The van der Waals surface area contributed by atoms with Crippen LogP contribution in [0.15, 0.2) is 28.7 Å². The molecule has 0 saturated carbocycles. The predicted octanol–water partition coefficient (Wildman–Crippen LogP) is 2.62. The van der Waals surface area contributed by atoms with E-state index in [2.05, 4.69) is 21.2 Å². The highest BCUT2D eigenvalue weighted by Gasteiger charge is 2.40. The Labute approximate surface area is 115 Å². The lowest BCUT2D eigenvalue weighted by Crippen LogP contribution is -2.49. The molecule has 0 unspecified atom stereocenters. The van der Waals surface area contributed by atoms with Crippen LogP contribution < -0.4 is 5.32 Å². The first-order chi connectivity index (χ1) is 7.62. The highest BCUT2D eigenvalue weighted by Crippen LogP contribution is 2.25. The maximum atomic E-state index is 11.3. The van der Waals surface area contributed by atoms with Crippen molar-refractivity contribution < 1.29 is 9.90 Å². The van der Waals surface area contributed by atoms with Crippen molar-refractivity contribution in [1.82, 2.24) is 5.32 Å². The number of carboxylic acid groups (broad SMARTS) is 1. The van der Waals surface area contributed by atoms with Crippen LogP contribution in [0.25, 0.3) is 0 Å². The molecule has 1 heterocycles. The molecule has 1 aliphatic rings. The molecule has 1 aromatic carbocycles. The minimum Gasteiger partial charge on any atom is -0.480 e. The Morgan fingerprint density at radius 1 is 1.41 bits per heavy atom. The van der Waals surface area contributed by atoms with Gasteiger partial charge in [0.05, 0.1) is 0 Å². The first-order valence-corrected chi connectivity index (χ1v) is 6.15. The third kappa shape index (κ3) is 3.21. The summed E-state index contributed by atoms with van der Waals surface area (Å²) in [6, 6.07) is 7.82. The Morgan fingerprint density at radius 2 is 2.06 bits per heavy atom. The quantitative estimate of drug-likeness (QED) is 0.900. The number of nitrogens with one attached hydrogen (secondary N) is 1. The minimum atomic E-state index is -0.756. The van der Waals surface area contributed by atoms with Gasteiger partial charge in [0, 0.05) is 10.9 Å². The van der Waals surface area contributed by atoms with Crippen LogP contribution in [0.4, 0.5) is 0 Å². The van der Waals surface area contributed by atoms with Gasteiger partial charge in [-0.1, -0.05) is 28.1 Å². The topological polar surface area (TPSA) is 49.3 Å². The first kappa shape index (κ1) is 14.5. The molecule has 0 aromatic heterocycles. The summed E-state index contributed by atoms with van der Waals surface area (Å²) in [7, 11) is 0. The molecule has 5 heteroatoms. The lowest BCUT2D eigenvalue weighted by Gasteiger charge is -2.24. The van der Waals surface area contributed by atoms with E-state index in [-0.39, 0.29) is 12.4 Å². The molecule has 0 bridgehead atoms. The third-order valence-electron chi connectivity index (χ3n) is 3.07. The molecular weight excluding hydrogens is 305 g/mol. The van der Waals surface area contributed by atoms with E-state index in [1.54, 1.807) is 0 Å². The molecule has 2 rings (SSSR count). The molecule has 1 aromatic rings. The lowest BCUT2D eigenvalue weighted by atomic mass is 9.89. The second-order valence-electron chi connectivity index (χ2n) is 4.22. The fourth-order valence-electron chi connectivity index (χ4n) is 2.17. The van der Waals surface area contributed by atoms with E-state index in [1.165, 1.54) is 0 Å². The molecule has 0 aliphatic carbocycles. The normalized spacial score (nSPS) is 23.1.